The minimum absolute atomic E-state index is 0.0225. The summed E-state index contributed by atoms with van der Waals surface area (Å²) in [6.45, 7) is 8.41. The average Bonchev–Trinajstić information content (AvgIpc) is 2.96. The molecule has 1 unspecified atom stereocenters. The van der Waals surface area contributed by atoms with E-state index in [0.29, 0.717) is 12.3 Å². The van der Waals surface area contributed by atoms with E-state index in [4.69, 9.17) is 4.42 Å². The van der Waals surface area contributed by atoms with Gasteiger partial charge >= 0.3 is 0 Å². The molecule has 2 heterocycles. The van der Waals surface area contributed by atoms with Crippen LogP contribution in [0.2, 0.25) is 0 Å². The number of rotatable bonds is 5. The van der Waals surface area contributed by atoms with E-state index < -0.39 is 0 Å². The fourth-order valence-electron chi connectivity index (χ4n) is 3.18. The number of fused-ring (bicyclic) bond motifs is 1. The van der Waals surface area contributed by atoms with Crippen LogP contribution in [0.4, 0.5) is 0 Å². The maximum absolute atomic E-state index is 12.5. The normalized spacial score (nSPS) is 12.5. The van der Waals surface area contributed by atoms with Gasteiger partial charge in [0.05, 0.1) is 18.7 Å². The Bertz CT molecular complexity index is 882. The van der Waals surface area contributed by atoms with Crippen LogP contribution in [-0.4, -0.2) is 10.9 Å². The van der Waals surface area contributed by atoms with E-state index in [1.165, 1.54) is 11.1 Å². The SMILES string of the molecule is Cc1cc2occ(CC(=O)NC(C)c3cccnc3)c2cc1C(C)C. The standard InChI is InChI=1S/C21H24N2O2/c1-13(2)18-10-19-17(12-25-20(19)8-14(18)3)9-21(24)23-15(4)16-6-5-7-22-11-16/h5-8,10-13,15H,9H2,1-4H3,(H,23,24). The van der Waals surface area contributed by atoms with E-state index in [2.05, 4.69) is 43.2 Å². The lowest BCUT2D eigenvalue weighted by atomic mass is 9.95. The van der Waals surface area contributed by atoms with E-state index >= 15 is 0 Å². The minimum atomic E-state index is -0.0761. The molecule has 25 heavy (non-hydrogen) atoms. The first-order valence-electron chi connectivity index (χ1n) is 8.65. The lowest BCUT2D eigenvalue weighted by molar-refractivity contribution is -0.121. The van der Waals surface area contributed by atoms with E-state index in [1.54, 1.807) is 18.7 Å². The number of aromatic nitrogens is 1. The molecule has 1 amide bonds. The van der Waals surface area contributed by atoms with Crippen LogP contribution in [0.3, 0.4) is 0 Å². The summed E-state index contributed by atoms with van der Waals surface area (Å²) < 4.78 is 5.67. The summed E-state index contributed by atoms with van der Waals surface area (Å²) in [5.41, 5.74) is 5.26. The highest BCUT2D eigenvalue weighted by Gasteiger charge is 2.15. The number of pyridine rings is 1. The van der Waals surface area contributed by atoms with Crippen molar-refractivity contribution in [3.05, 3.63) is 65.2 Å². The molecular formula is C21H24N2O2. The second-order valence-electron chi connectivity index (χ2n) is 6.87. The number of hydrogen-bond acceptors (Lipinski definition) is 3. The number of hydrogen-bond donors (Lipinski definition) is 1. The first kappa shape index (κ1) is 17.2. The number of nitrogens with one attached hydrogen (secondary N) is 1. The van der Waals surface area contributed by atoms with Crippen LogP contribution in [0, 0.1) is 6.92 Å². The van der Waals surface area contributed by atoms with Gasteiger partial charge in [0.25, 0.3) is 0 Å². The fraction of sp³-hybridized carbons (Fsp3) is 0.333. The Morgan fingerprint density at radius 2 is 2.08 bits per heavy atom. The number of carbonyl (C=O) groups is 1. The molecule has 0 bridgehead atoms. The fourth-order valence-corrected chi connectivity index (χ4v) is 3.18. The van der Waals surface area contributed by atoms with Gasteiger partial charge in [-0.3, -0.25) is 9.78 Å². The molecule has 1 aromatic carbocycles. The molecule has 4 heteroatoms. The Labute approximate surface area is 148 Å². The second-order valence-corrected chi connectivity index (χ2v) is 6.87. The van der Waals surface area contributed by atoms with Crippen molar-refractivity contribution >= 4 is 16.9 Å². The predicted molar refractivity (Wildman–Crippen MR) is 99.5 cm³/mol. The third-order valence-corrected chi connectivity index (χ3v) is 4.58. The van der Waals surface area contributed by atoms with Gasteiger partial charge in [-0.25, -0.2) is 0 Å². The van der Waals surface area contributed by atoms with Crippen molar-refractivity contribution in [2.75, 3.05) is 0 Å². The van der Waals surface area contributed by atoms with Crippen molar-refractivity contribution in [1.82, 2.24) is 10.3 Å². The first-order chi connectivity index (χ1) is 12.0. The Hall–Kier alpha value is -2.62. The van der Waals surface area contributed by atoms with Gasteiger partial charge in [0, 0.05) is 23.3 Å². The molecule has 130 valence electrons. The van der Waals surface area contributed by atoms with Crippen LogP contribution in [0.15, 0.2) is 47.3 Å². The maximum atomic E-state index is 12.5. The van der Waals surface area contributed by atoms with Crippen LogP contribution >= 0.6 is 0 Å². The smallest absolute Gasteiger partial charge is 0.225 e. The zero-order valence-corrected chi connectivity index (χ0v) is 15.2. The summed E-state index contributed by atoms with van der Waals surface area (Å²) in [6.07, 6.45) is 5.50. The summed E-state index contributed by atoms with van der Waals surface area (Å²) in [4.78, 5) is 16.5. The van der Waals surface area contributed by atoms with Crippen molar-refractivity contribution < 1.29 is 9.21 Å². The zero-order valence-electron chi connectivity index (χ0n) is 15.2. The van der Waals surface area contributed by atoms with Crippen LogP contribution in [0.25, 0.3) is 11.0 Å². The summed E-state index contributed by atoms with van der Waals surface area (Å²) in [6, 6.07) is 7.98. The quantitative estimate of drug-likeness (QED) is 0.736. The third-order valence-electron chi connectivity index (χ3n) is 4.58. The number of carbonyl (C=O) groups excluding carboxylic acids is 1. The minimum Gasteiger partial charge on any atom is -0.464 e. The van der Waals surface area contributed by atoms with Gasteiger partial charge in [0.1, 0.15) is 5.58 Å². The largest absolute Gasteiger partial charge is 0.464 e. The van der Waals surface area contributed by atoms with E-state index in [0.717, 1.165) is 22.1 Å². The Morgan fingerprint density at radius 3 is 2.76 bits per heavy atom. The summed E-state index contributed by atoms with van der Waals surface area (Å²) in [7, 11) is 0. The number of amides is 1. The molecule has 2 aromatic heterocycles. The van der Waals surface area contributed by atoms with Gasteiger partial charge in [-0.15, -0.1) is 0 Å². The number of nitrogens with zero attached hydrogens (tertiary/aromatic N) is 1. The lowest BCUT2D eigenvalue weighted by Gasteiger charge is -2.14. The second kappa shape index (κ2) is 7.09. The van der Waals surface area contributed by atoms with Gasteiger partial charge in [0.15, 0.2) is 0 Å². The Morgan fingerprint density at radius 1 is 1.28 bits per heavy atom. The Kier molecular flexibility index (Phi) is 4.88. The van der Waals surface area contributed by atoms with Crippen molar-refractivity contribution in [2.24, 2.45) is 0 Å². The van der Waals surface area contributed by atoms with Crippen LogP contribution in [0.1, 0.15) is 55.0 Å². The Balaban J connectivity index is 1.78. The molecule has 0 aliphatic heterocycles. The van der Waals surface area contributed by atoms with Gasteiger partial charge in [-0.1, -0.05) is 19.9 Å². The van der Waals surface area contributed by atoms with Gasteiger partial charge < -0.3 is 9.73 Å². The van der Waals surface area contributed by atoms with Gasteiger partial charge in [0.2, 0.25) is 5.91 Å². The zero-order chi connectivity index (χ0) is 18.0. The monoisotopic (exact) mass is 336 g/mol. The van der Waals surface area contributed by atoms with Gasteiger partial charge in [-0.05, 0) is 54.7 Å². The third kappa shape index (κ3) is 3.73. The molecule has 0 aliphatic carbocycles. The topological polar surface area (TPSA) is 55.1 Å². The number of aryl methyl sites for hydroxylation is 1. The van der Waals surface area contributed by atoms with Crippen molar-refractivity contribution in [3.63, 3.8) is 0 Å². The first-order valence-corrected chi connectivity index (χ1v) is 8.65. The van der Waals surface area contributed by atoms with E-state index in [-0.39, 0.29) is 11.9 Å². The molecule has 0 spiro atoms. The maximum Gasteiger partial charge on any atom is 0.225 e. The van der Waals surface area contributed by atoms with Crippen LogP contribution < -0.4 is 5.32 Å². The molecule has 0 aliphatic rings. The highest BCUT2D eigenvalue weighted by molar-refractivity contribution is 5.88. The number of furan rings is 1. The molecule has 3 rings (SSSR count). The average molecular weight is 336 g/mol. The van der Waals surface area contributed by atoms with Crippen molar-refractivity contribution in [1.29, 1.82) is 0 Å². The van der Waals surface area contributed by atoms with Crippen molar-refractivity contribution in [2.45, 2.75) is 46.1 Å². The molecule has 3 aromatic rings. The molecule has 0 radical (unpaired) electrons. The number of benzene rings is 1. The van der Waals surface area contributed by atoms with E-state index in [9.17, 15) is 4.79 Å². The lowest BCUT2D eigenvalue weighted by Crippen LogP contribution is -2.28. The summed E-state index contributed by atoms with van der Waals surface area (Å²) in [5.74, 6) is 0.414. The molecule has 4 nitrogen and oxygen atoms in total. The van der Waals surface area contributed by atoms with Crippen LogP contribution in [0.5, 0.6) is 0 Å². The molecule has 1 N–H and O–H groups in total. The summed E-state index contributed by atoms with van der Waals surface area (Å²) >= 11 is 0. The van der Waals surface area contributed by atoms with E-state index in [1.807, 2.05) is 19.1 Å². The highest BCUT2D eigenvalue weighted by atomic mass is 16.3. The highest BCUT2D eigenvalue weighted by Crippen LogP contribution is 2.29. The molecule has 0 fully saturated rings. The van der Waals surface area contributed by atoms with Crippen molar-refractivity contribution in [3.8, 4) is 0 Å². The summed E-state index contributed by atoms with van der Waals surface area (Å²) in [5, 5.41) is 4.05. The molecule has 0 saturated carbocycles. The van der Waals surface area contributed by atoms with Gasteiger partial charge in [-0.2, -0.15) is 0 Å². The predicted octanol–water partition coefficient (Wildman–Crippen LogP) is 4.68. The molecule has 1 atom stereocenters. The van der Waals surface area contributed by atoms with Crippen LogP contribution in [-0.2, 0) is 11.2 Å². The molecule has 0 saturated heterocycles. The molecular weight excluding hydrogens is 312 g/mol.